The molecule has 0 aromatic heterocycles. The van der Waals surface area contributed by atoms with Gasteiger partial charge in [0, 0.05) is 0 Å². The van der Waals surface area contributed by atoms with E-state index < -0.39 is 25.4 Å². The number of hydrogen-bond acceptors (Lipinski definition) is 4. The smallest absolute Gasteiger partial charge is 0.0856 e. The molecule has 0 bridgehead atoms. The van der Waals surface area contributed by atoms with Gasteiger partial charge in [-0.2, -0.15) is 0 Å². The fourth-order valence-electron chi connectivity index (χ4n) is 0.781. The normalized spacial score (nSPS) is 15.2. The molecular weight excluding hydrogens is 271 g/mol. The number of hydrogen-bond donors (Lipinski definition) is 4. The van der Waals surface area contributed by atoms with Crippen molar-refractivity contribution in [3.8, 4) is 0 Å². The summed E-state index contributed by atoms with van der Waals surface area (Å²) in [7, 11) is 0. The van der Waals surface area contributed by atoms with Crippen LogP contribution in [0.4, 0.5) is 0 Å². The Balaban J connectivity index is 0.000000262. The molecule has 1 aliphatic rings. The summed E-state index contributed by atoms with van der Waals surface area (Å²) in [5, 5.41) is 25.0. The first-order valence-corrected chi connectivity index (χ1v) is 6.14. The molecule has 5 N–H and O–H groups in total. The van der Waals surface area contributed by atoms with Crippen LogP contribution in [0.25, 0.3) is 0 Å². The van der Waals surface area contributed by atoms with Crippen molar-refractivity contribution in [1.82, 2.24) is 0 Å². The maximum absolute atomic E-state index is 8.34. The number of aliphatic hydroxyl groups is 3. The maximum Gasteiger partial charge on any atom is 0.0856 e. The van der Waals surface area contributed by atoms with Gasteiger partial charge in [0.25, 0.3) is 0 Å². The number of nitrogens with two attached hydrogens (primary N) is 1. The fraction of sp³-hybridized carbons (Fsp3) is 0.600. The molecule has 5 heteroatoms. The predicted molar refractivity (Wildman–Crippen MR) is 54.6 cm³/mol. The zero-order chi connectivity index (χ0) is 11.9. The molecule has 0 aromatic carbocycles. The second kappa shape index (κ2) is 7.66. The summed E-state index contributed by atoms with van der Waals surface area (Å²) in [6.07, 6.45) is 5.67. The van der Waals surface area contributed by atoms with E-state index in [1.54, 1.807) is 2.38 Å². The van der Waals surface area contributed by atoms with Gasteiger partial charge in [-0.3, -0.25) is 0 Å². The standard InChI is InChI=1S/C6H7.C4H11NO3.Y/c1-6-4-2-3-5-6;5-4(1-6,2-7)3-8;/h2,4H,3H2,1H3;6-8H,1-3,5H2;. The SMILES string of the molecule is CC1=[C]([Y])CC=C1.NC(CO)(CO)CO. The van der Waals surface area contributed by atoms with Crippen LogP contribution in [-0.2, 0) is 31.0 Å². The summed E-state index contributed by atoms with van der Waals surface area (Å²) in [5.41, 5.74) is 5.44. The second-order valence-corrected chi connectivity index (χ2v) is 5.36. The van der Waals surface area contributed by atoms with E-state index in [1.807, 2.05) is 0 Å². The van der Waals surface area contributed by atoms with Gasteiger partial charge in [0.15, 0.2) is 0 Å². The Hall–Kier alpha value is 0.424. The van der Waals surface area contributed by atoms with Gasteiger partial charge in [0.05, 0.1) is 25.4 Å². The average Bonchev–Trinajstić information content (AvgIpc) is 2.63. The third-order valence-corrected chi connectivity index (χ3v) is 3.86. The number of rotatable bonds is 3. The minimum absolute atomic E-state index is 0.403. The molecular formula is C10H18NO3Y. The van der Waals surface area contributed by atoms with Crippen molar-refractivity contribution in [2.24, 2.45) is 5.73 Å². The first-order chi connectivity index (χ1) is 6.99. The molecule has 4 nitrogen and oxygen atoms in total. The van der Waals surface area contributed by atoms with Gasteiger partial charge in [0.2, 0.25) is 0 Å². The van der Waals surface area contributed by atoms with Gasteiger partial charge in [-0.05, 0) is 0 Å². The van der Waals surface area contributed by atoms with Crippen molar-refractivity contribution in [3.63, 3.8) is 0 Å². The van der Waals surface area contributed by atoms with E-state index in [2.05, 4.69) is 19.1 Å². The maximum atomic E-state index is 8.34. The summed E-state index contributed by atoms with van der Waals surface area (Å²) < 4.78 is 1.64. The summed E-state index contributed by atoms with van der Waals surface area (Å²) in [5.74, 6) is 0. The molecule has 0 atom stereocenters. The Morgan fingerprint density at radius 1 is 1.33 bits per heavy atom. The van der Waals surface area contributed by atoms with E-state index in [9.17, 15) is 0 Å². The molecule has 0 amide bonds. The van der Waals surface area contributed by atoms with Gasteiger partial charge in [-0.15, -0.1) is 0 Å². The van der Waals surface area contributed by atoms with E-state index >= 15 is 0 Å². The van der Waals surface area contributed by atoms with Crippen LogP contribution >= 0.6 is 0 Å². The molecule has 0 aromatic rings. The number of allylic oxidation sites excluding steroid dienone is 4. The van der Waals surface area contributed by atoms with Gasteiger partial charge >= 0.3 is 64.4 Å². The summed E-state index contributed by atoms with van der Waals surface area (Å²) >= 11 is 1.31. The van der Waals surface area contributed by atoms with Crippen LogP contribution in [0.1, 0.15) is 13.3 Å². The van der Waals surface area contributed by atoms with Crippen molar-refractivity contribution in [3.05, 3.63) is 20.1 Å². The molecule has 0 radical (unpaired) electrons. The minimum Gasteiger partial charge on any atom is -0.394 e. The zero-order valence-corrected chi connectivity index (χ0v) is 11.8. The van der Waals surface area contributed by atoms with Gasteiger partial charge in [-0.25, -0.2) is 0 Å². The van der Waals surface area contributed by atoms with Crippen LogP contribution in [0.5, 0.6) is 0 Å². The van der Waals surface area contributed by atoms with Crippen LogP contribution in [0, 0.1) is 0 Å². The summed E-state index contributed by atoms with van der Waals surface area (Å²) in [4.78, 5) is 0. The summed E-state index contributed by atoms with van der Waals surface area (Å²) in [6, 6.07) is 0. The third kappa shape index (κ3) is 5.90. The van der Waals surface area contributed by atoms with E-state index in [1.165, 1.54) is 42.9 Å². The molecule has 1 rings (SSSR count). The first kappa shape index (κ1) is 15.4. The number of aliphatic hydroxyl groups excluding tert-OH is 3. The van der Waals surface area contributed by atoms with Crippen molar-refractivity contribution in [2.75, 3.05) is 19.8 Å². The molecule has 84 valence electrons. The van der Waals surface area contributed by atoms with E-state index in [0.717, 1.165) is 0 Å². The van der Waals surface area contributed by atoms with Crippen LogP contribution in [0.15, 0.2) is 20.1 Å². The second-order valence-electron chi connectivity index (χ2n) is 3.65. The molecule has 0 saturated carbocycles. The van der Waals surface area contributed by atoms with Gasteiger partial charge in [0.1, 0.15) is 0 Å². The minimum atomic E-state index is -1.21. The zero-order valence-electron chi connectivity index (χ0n) is 8.98. The molecule has 1 aliphatic carbocycles. The molecule has 0 saturated heterocycles. The van der Waals surface area contributed by atoms with E-state index in [0.29, 0.717) is 0 Å². The monoisotopic (exact) mass is 289 g/mol. The predicted octanol–water partition coefficient (Wildman–Crippen LogP) is -0.572. The largest absolute Gasteiger partial charge is 0.394 e. The molecule has 15 heavy (non-hydrogen) atoms. The van der Waals surface area contributed by atoms with Crippen molar-refractivity contribution < 1.29 is 46.3 Å². The fourth-order valence-corrected chi connectivity index (χ4v) is 1.35. The van der Waals surface area contributed by atoms with Crippen molar-refractivity contribution >= 4 is 0 Å². The van der Waals surface area contributed by atoms with Crippen LogP contribution in [0.2, 0.25) is 0 Å². The quantitative estimate of drug-likeness (QED) is 0.560. The molecule has 0 aliphatic heterocycles. The van der Waals surface area contributed by atoms with Gasteiger partial charge < -0.3 is 21.1 Å². The van der Waals surface area contributed by atoms with Crippen LogP contribution in [-0.4, -0.2) is 40.7 Å². The first-order valence-electron chi connectivity index (χ1n) is 4.72. The van der Waals surface area contributed by atoms with E-state index in [4.69, 9.17) is 21.1 Å². The Kier molecular flexibility index (Phi) is 7.87. The summed E-state index contributed by atoms with van der Waals surface area (Å²) in [6.45, 7) is 0.976. The van der Waals surface area contributed by atoms with Crippen LogP contribution < -0.4 is 5.73 Å². The Labute approximate surface area is 110 Å². The third-order valence-electron chi connectivity index (χ3n) is 2.16. The van der Waals surface area contributed by atoms with E-state index in [-0.39, 0.29) is 0 Å². The average molecular weight is 289 g/mol. The molecule has 0 unspecified atom stereocenters. The van der Waals surface area contributed by atoms with Crippen molar-refractivity contribution in [2.45, 2.75) is 18.9 Å². The molecule has 0 spiro atoms. The molecule has 0 fully saturated rings. The molecule has 0 heterocycles. The Morgan fingerprint density at radius 3 is 1.87 bits per heavy atom. The Morgan fingerprint density at radius 2 is 1.80 bits per heavy atom. The topological polar surface area (TPSA) is 86.7 Å². The van der Waals surface area contributed by atoms with Crippen LogP contribution in [0.3, 0.4) is 0 Å². The van der Waals surface area contributed by atoms with Gasteiger partial charge in [-0.1, -0.05) is 0 Å². The Bertz CT molecular complexity index is 239. The van der Waals surface area contributed by atoms with Crippen molar-refractivity contribution in [1.29, 1.82) is 0 Å².